The zero-order valence-electron chi connectivity index (χ0n) is 12.4. The zero-order chi connectivity index (χ0) is 16.1. The summed E-state index contributed by atoms with van der Waals surface area (Å²) in [5, 5.41) is 14.3. The number of carbonyl (C=O) groups is 1. The van der Waals surface area contributed by atoms with Gasteiger partial charge in [-0.15, -0.1) is 21.5 Å². The third-order valence-corrected chi connectivity index (χ3v) is 5.01. The molecular weight excluding hydrogens is 330 g/mol. The van der Waals surface area contributed by atoms with E-state index < -0.39 is 0 Å². The fourth-order valence-electron chi connectivity index (χ4n) is 2.05. The molecule has 0 unspecified atom stereocenters. The monoisotopic (exact) mass is 345 g/mol. The molecular formula is C15H15N5OS2. The molecule has 0 saturated heterocycles. The molecule has 2 heterocycles. The Labute approximate surface area is 142 Å². The van der Waals surface area contributed by atoms with Gasteiger partial charge in [0.05, 0.1) is 5.75 Å². The van der Waals surface area contributed by atoms with Crippen molar-refractivity contribution in [3.63, 3.8) is 0 Å². The van der Waals surface area contributed by atoms with E-state index in [9.17, 15) is 4.79 Å². The van der Waals surface area contributed by atoms with Crippen LogP contribution in [0.4, 0.5) is 0 Å². The molecule has 1 aromatic carbocycles. The first-order chi connectivity index (χ1) is 11.2. The molecule has 3 rings (SSSR count). The summed E-state index contributed by atoms with van der Waals surface area (Å²) in [6.07, 6.45) is 3.36. The Morgan fingerprint density at radius 2 is 2.22 bits per heavy atom. The van der Waals surface area contributed by atoms with Crippen molar-refractivity contribution < 1.29 is 4.79 Å². The van der Waals surface area contributed by atoms with Gasteiger partial charge in [-0.3, -0.25) is 4.79 Å². The summed E-state index contributed by atoms with van der Waals surface area (Å²) in [6, 6.07) is 9.61. The van der Waals surface area contributed by atoms with Crippen molar-refractivity contribution in [3.05, 3.63) is 58.8 Å². The summed E-state index contributed by atoms with van der Waals surface area (Å²) in [6.45, 7) is 0. The van der Waals surface area contributed by atoms with E-state index in [1.807, 2.05) is 42.8 Å². The minimum atomic E-state index is -0.233. The summed E-state index contributed by atoms with van der Waals surface area (Å²) >= 11 is 2.88. The van der Waals surface area contributed by atoms with Gasteiger partial charge in [0, 0.05) is 18.6 Å². The largest absolute Gasteiger partial charge is 0.342 e. The number of aromatic nitrogens is 4. The normalized spacial score (nSPS) is 12.0. The van der Waals surface area contributed by atoms with E-state index >= 15 is 0 Å². The van der Waals surface area contributed by atoms with Crippen molar-refractivity contribution in [1.82, 2.24) is 25.1 Å². The molecule has 1 amide bonds. The van der Waals surface area contributed by atoms with Gasteiger partial charge in [0.2, 0.25) is 5.91 Å². The molecule has 118 valence electrons. The number of benzene rings is 1. The van der Waals surface area contributed by atoms with Gasteiger partial charge in [-0.2, -0.15) is 0 Å². The number of thiazole rings is 1. The highest BCUT2D eigenvalue weighted by molar-refractivity contribution is 7.99. The van der Waals surface area contributed by atoms with Crippen molar-refractivity contribution in [2.75, 3.05) is 5.75 Å². The van der Waals surface area contributed by atoms with Crippen LogP contribution in [0.5, 0.6) is 0 Å². The van der Waals surface area contributed by atoms with Gasteiger partial charge in [0.1, 0.15) is 17.4 Å². The molecule has 0 aliphatic rings. The summed E-state index contributed by atoms with van der Waals surface area (Å²) in [7, 11) is 1.85. The number of hydrogen-bond acceptors (Lipinski definition) is 6. The third-order valence-electron chi connectivity index (χ3n) is 3.14. The summed E-state index contributed by atoms with van der Waals surface area (Å²) < 4.78 is 1.79. The second-order valence-electron chi connectivity index (χ2n) is 4.79. The number of rotatable bonds is 6. The molecule has 23 heavy (non-hydrogen) atoms. The number of carbonyl (C=O) groups excluding carboxylic acids is 1. The Balaban J connectivity index is 1.69. The van der Waals surface area contributed by atoms with Crippen LogP contribution in [-0.2, 0) is 11.8 Å². The van der Waals surface area contributed by atoms with Crippen LogP contribution in [0.25, 0.3) is 0 Å². The lowest BCUT2D eigenvalue weighted by atomic mass is 10.1. The van der Waals surface area contributed by atoms with Crippen LogP contribution < -0.4 is 5.32 Å². The minimum absolute atomic E-state index is 0.0675. The molecule has 6 nitrogen and oxygen atoms in total. The molecule has 0 saturated carbocycles. The first-order valence-corrected chi connectivity index (χ1v) is 8.81. The Morgan fingerprint density at radius 3 is 2.87 bits per heavy atom. The SMILES string of the molecule is Cn1cnnc1SCC(=O)N[C@H](c1ccccc1)c1nccs1. The van der Waals surface area contributed by atoms with E-state index in [0.29, 0.717) is 5.16 Å². The number of hydrogen-bond donors (Lipinski definition) is 1. The van der Waals surface area contributed by atoms with Gasteiger partial charge < -0.3 is 9.88 Å². The van der Waals surface area contributed by atoms with Crippen LogP contribution in [-0.4, -0.2) is 31.4 Å². The zero-order valence-corrected chi connectivity index (χ0v) is 14.0. The highest BCUT2D eigenvalue weighted by Crippen LogP contribution is 2.24. The maximum Gasteiger partial charge on any atom is 0.231 e. The predicted molar refractivity (Wildman–Crippen MR) is 90.3 cm³/mol. The van der Waals surface area contributed by atoms with Gasteiger partial charge in [-0.25, -0.2) is 4.98 Å². The number of amides is 1. The minimum Gasteiger partial charge on any atom is -0.342 e. The molecule has 1 N–H and O–H groups in total. The Morgan fingerprint density at radius 1 is 1.39 bits per heavy atom. The molecule has 0 bridgehead atoms. The molecule has 1 atom stereocenters. The van der Waals surface area contributed by atoms with E-state index in [0.717, 1.165) is 10.6 Å². The van der Waals surface area contributed by atoms with E-state index in [1.165, 1.54) is 23.1 Å². The van der Waals surface area contributed by atoms with Crippen LogP contribution in [0, 0.1) is 0 Å². The van der Waals surface area contributed by atoms with E-state index in [4.69, 9.17) is 0 Å². The fraction of sp³-hybridized carbons (Fsp3) is 0.200. The van der Waals surface area contributed by atoms with Crippen molar-refractivity contribution in [1.29, 1.82) is 0 Å². The van der Waals surface area contributed by atoms with Gasteiger partial charge >= 0.3 is 0 Å². The summed E-state index contributed by atoms with van der Waals surface area (Å²) in [4.78, 5) is 16.7. The Bertz CT molecular complexity index is 757. The van der Waals surface area contributed by atoms with Crippen LogP contribution in [0.15, 0.2) is 53.4 Å². The van der Waals surface area contributed by atoms with Crippen LogP contribution in [0.2, 0.25) is 0 Å². The Hall–Kier alpha value is -2.19. The van der Waals surface area contributed by atoms with Crippen molar-refractivity contribution in [3.8, 4) is 0 Å². The second kappa shape index (κ2) is 7.38. The van der Waals surface area contributed by atoms with E-state index in [2.05, 4.69) is 20.5 Å². The molecule has 0 aliphatic heterocycles. The number of aryl methyl sites for hydroxylation is 1. The maximum absolute atomic E-state index is 12.3. The molecule has 0 aliphatic carbocycles. The topological polar surface area (TPSA) is 72.7 Å². The number of nitrogens with zero attached hydrogens (tertiary/aromatic N) is 4. The van der Waals surface area contributed by atoms with Crippen molar-refractivity contribution in [2.24, 2.45) is 7.05 Å². The lowest BCUT2D eigenvalue weighted by Gasteiger charge is -2.16. The van der Waals surface area contributed by atoms with E-state index in [1.54, 1.807) is 17.1 Å². The van der Waals surface area contributed by atoms with Crippen molar-refractivity contribution >= 4 is 29.0 Å². The van der Waals surface area contributed by atoms with Crippen LogP contribution in [0.1, 0.15) is 16.6 Å². The number of nitrogens with one attached hydrogen (secondary N) is 1. The average Bonchev–Trinajstić information content (AvgIpc) is 3.23. The number of thioether (sulfide) groups is 1. The summed E-state index contributed by atoms with van der Waals surface area (Å²) in [5.41, 5.74) is 1.01. The fourth-order valence-corrected chi connectivity index (χ4v) is 3.46. The smallest absolute Gasteiger partial charge is 0.231 e. The predicted octanol–water partition coefficient (Wildman–Crippen LogP) is 2.27. The molecule has 0 spiro atoms. The molecule has 2 aromatic heterocycles. The Kier molecular flexibility index (Phi) is 5.04. The highest BCUT2D eigenvalue weighted by Gasteiger charge is 2.19. The standard InChI is InChI=1S/C15H15N5OS2/c1-20-10-17-19-15(20)23-9-12(21)18-13(14-16-7-8-22-14)11-5-3-2-4-6-11/h2-8,10,13H,9H2,1H3,(H,18,21)/t13-/m1/s1. The molecule has 8 heteroatoms. The highest BCUT2D eigenvalue weighted by atomic mass is 32.2. The first-order valence-electron chi connectivity index (χ1n) is 6.94. The van der Waals surface area contributed by atoms with Gasteiger partial charge in [0.15, 0.2) is 5.16 Å². The second-order valence-corrected chi connectivity index (χ2v) is 6.66. The van der Waals surface area contributed by atoms with Crippen LogP contribution >= 0.6 is 23.1 Å². The molecule has 3 aromatic rings. The van der Waals surface area contributed by atoms with Crippen LogP contribution in [0.3, 0.4) is 0 Å². The van der Waals surface area contributed by atoms with Gasteiger partial charge in [-0.05, 0) is 5.56 Å². The summed E-state index contributed by atoms with van der Waals surface area (Å²) in [5.74, 6) is 0.211. The average molecular weight is 345 g/mol. The molecule has 0 fully saturated rings. The van der Waals surface area contributed by atoms with E-state index in [-0.39, 0.29) is 17.7 Å². The van der Waals surface area contributed by atoms with Gasteiger partial charge in [-0.1, -0.05) is 42.1 Å². The maximum atomic E-state index is 12.3. The molecule has 0 radical (unpaired) electrons. The first kappa shape index (κ1) is 15.7. The van der Waals surface area contributed by atoms with Gasteiger partial charge in [0.25, 0.3) is 0 Å². The third kappa shape index (κ3) is 3.96. The lowest BCUT2D eigenvalue weighted by molar-refractivity contribution is -0.119. The quantitative estimate of drug-likeness (QED) is 0.694. The van der Waals surface area contributed by atoms with Crippen molar-refractivity contribution in [2.45, 2.75) is 11.2 Å². The lowest BCUT2D eigenvalue weighted by Crippen LogP contribution is -2.30.